The summed E-state index contributed by atoms with van der Waals surface area (Å²) in [5, 5.41) is 16.9. The van der Waals surface area contributed by atoms with Crippen molar-refractivity contribution in [1.29, 1.82) is 0 Å². The summed E-state index contributed by atoms with van der Waals surface area (Å²) in [5.74, 6) is -1.81. The number of carboxylic acids is 1. The van der Waals surface area contributed by atoms with E-state index in [4.69, 9.17) is 20.0 Å². The molecule has 0 aromatic heterocycles. The van der Waals surface area contributed by atoms with Gasteiger partial charge >= 0.3 is 13.6 Å². The van der Waals surface area contributed by atoms with Gasteiger partial charge in [-0.3, -0.25) is 14.2 Å². The number of rotatable bonds is 13. The number of unbranched alkanes of at least 4 members (excludes halogenated alkanes) is 7. The van der Waals surface area contributed by atoms with Gasteiger partial charge in [-0.05, 0) is 19.3 Å². The molecule has 0 fully saturated rings. The number of hydrogen-bond acceptors (Lipinski definition) is 4. The number of aliphatic carboxylic acids is 1. The Hall–Kier alpha value is -1.21. The van der Waals surface area contributed by atoms with Gasteiger partial charge in [0, 0.05) is 6.42 Å². The van der Waals surface area contributed by atoms with E-state index < -0.39 is 31.7 Å². The van der Waals surface area contributed by atoms with Crippen molar-refractivity contribution in [2.45, 2.75) is 63.9 Å². The Morgan fingerprint density at radius 2 is 1.50 bits per heavy atom. The SMILES string of the molecule is C=CCCCCCCCCCC(=O)O.NC(=O)C(O)CP(=O)(O)O. The molecule has 0 rings (SSSR count). The third-order valence-electron chi connectivity index (χ3n) is 3.04. The van der Waals surface area contributed by atoms with Crippen LogP contribution in [0.4, 0.5) is 0 Å². The minimum Gasteiger partial charge on any atom is -0.481 e. The standard InChI is InChI=1S/C12H22O2.C3H8NO5P/c1-2-3-4-5-6-7-8-9-10-11-12(13)14;4-3(6)2(5)1-10(7,8)9/h2H,1,3-11H2,(H,13,14);2,5H,1H2,(H2,4,6)(H2,7,8,9). The molecule has 0 aliphatic heterocycles. The highest BCUT2D eigenvalue weighted by molar-refractivity contribution is 7.51. The van der Waals surface area contributed by atoms with Gasteiger partial charge in [0.25, 0.3) is 0 Å². The molecule has 0 aliphatic rings. The number of aliphatic hydroxyl groups is 1. The smallest absolute Gasteiger partial charge is 0.328 e. The molecule has 0 saturated carbocycles. The molecular formula is C15H30NO7P. The quantitative estimate of drug-likeness (QED) is 0.188. The molecule has 0 saturated heterocycles. The number of allylic oxidation sites excluding steroid dienone is 1. The first-order chi connectivity index (χ1) is 11.1. The third kappa shape index (κ3) is 23.1. The van der Waals surface area contributed by atoms with Gasteiger partial charge in [0.15, 0.2) is 0 Å². The van der Waals surface area contributed by atoms with Gasteiger partial charge in [0.1, 0.15) is 6.10 Å². The van der Waals surface area contributed by atoms with Gasteiger partial charge in [-0.1, -0.05) is 38.2 Å². The Bertz CT molecular complexity index is 409. The van der Waals surface area contributed by atoms with Gasteiger partial charge in [0.2, 0.25) is 5.91 Å². The maximum absolute atomic E-state index is 10.2. The number of carbonyl (C=O) groups excluding carboxylic acids is 1. The van der Waals surface area contributed by atoms with Crippen LogP contribution in [0.1, 0.15) is 57.8 Å². The maximum atomic E-state index is 10.2. The van der Waals surface area contributed by atoms with E-state index in [0.29, 0.717) is 6.42 Å². The number of amides is 1. The Morgan fingerprint density at radius 3 is 1.83 bits per heavy atom. The highest BCUT2D eigenvalue weighted by Gasteiger charge is 2.23. The highest BCUT2D eigenvalue weighted by atomic mass is 31.2. The van der Waals surface area contributed by atoms with E-state index in [1.807, 2.05) is 6.08 Å². The van der Waals surface area contributed by atoms with E-state index >= 15 is 0 Å². The van der Waals surface area contributed by atoms with Crippen LogP contribution in [-0.2, 0) is 14.2 Å². The lowest BCUT2D eigenvalue weighted by molar-refractivity contribution is -0.137. The van der Waals surface area contributed by atoms with Crippen LogP contribution in [0.3, 0.4) is 0 Å². The van der Waals surface area contributed by atoms with E-state index in [-0.39, 0.29) is 0 Å². The van der Waals surface area contributed by atoms with E-state index in [0.717, 1.165) is 19.3 Å². The molecule has 1 unspecified atom stereocenters. The van der Waals surface area contributed by atoms with Crippen molar-refractivity contribution >= 4 is 19.5 Å². The molecular weight excluding hydrogens is 337 g/mol. The number of nitrogens with two attached hydrogens (primary N) is 1. The summed E-state index contributed by atoms with van der Waals surface area (Å²) in [5.41, 5.74) is 4.51. The van der Waals surface area contributed by atoms with E-state index in [1.54, 1.807) is 0 Å². The van der Waals surface area contributed by atoms with Crippen molar-refractivity contribution in [3.63, 3.8) is 0 Å². The second kappa shape index (κ2) is 15.3. The van der Waals surface area contributed by atoms with Crippen LogP contribution in [0.5, 0.6) is 0 Å². The fourth-order valence-corrected chi connectivity index (χ4v) is 2.39. The van der Waals surface area contributed by atoms with Gasteiger partial charge < -0.3 is 25.7 Å². The zero-order chi connectivity index (χ0) is 19.0. The summed E-state index contributed by atoms with van der Waals surface area (Å²) in [6.07, 6.45) is 8.88. The van der Waals surface area contributed by atoms with Crippen LogP contribution >= 0.6 is 7.60 Å². The van der Waals surface area contributed by atoms with Gasteiger partial charge in [-0.15, -0.1) is 6.58 Å². The number of carbonyl (C=O) groups is 2. The van der Waals surface area contributed by atoms with Gasteiger partial charge in [0.05, 0.1) is 6.16 Å². The predicted octanol–water partition coefficient (Wildman–Crippen LogP) is 1.78. The summed E-state index contributed by atoms with van der Waals surface area (Å²) >= 11 is 0. The number of aliphatic hydroxyl groups excluding tert-OH is 1. The molecule has 0 heterocycles. The second-order valence-electron chi connectivity index (χ2n) is 5.46. The Morgan fingerprint density at radius 1 is 1.04 bits per heavy atom. The van der Waals surface area contributed by atoms with Crippen molar-refractivity contribution in [2.24, 2.45) is 5.73 Å². The van der Waals surface area contributed by atoms with Crippen molar-refractivity contribution in [1.82, 2.24) is 0 Å². The molecule has 24 heavy (non-hydrogen) atoms. The lowest BCUT2D eigenvalue weighted by Crippen LogP contribution is -2.31. The maximum Gasteiger partial charge on any atom is 0.328 e. The summed E-state index contributed by atoms with van der Waals surface area (Å²) < 4.78 is 10.1. The first-order valence-electron chi connectivity index (χ1n) is 7.94. The van der Waals surface area contributed by atoms with Crippen LogP contribution in [-0.4, -0.2) is 44.1 Å². The molecule has 0 aliphatic carbocycles. The van der Waals surface area contributed by atoms with Crippen molar-refractivity contribution in [2.75, 3.05) is 6.16 Å². The summed E-state index contributed by atoms with van der Waals surface area (Å²) in [7, 11) is -4.33. The van der Waals surface area contributed by atoms with Gasteiger partial charge in [-0.2, -0.15) is 0 Å². The molecule has 8 nitrogen and oxygen atoms in total. The highest BCUT2D eigenvalue weighted by Crippen LogP contribution is 2.34. The normalized spacial score (nSPS) is 12.0. The van der Waals surface area contributed by atoms with Crippen molar-refractivity contribution in [3.8, 4) is 0 Å². The summed E-state index contributed by atoms with van der Waals surface area (Å²) in [6.45, 7) is 3.68. The summed E-state index contributed by atoms with van der Waals surface area (Å²) in [4.78, 5) is 36.6. The van der Waals surface area contributed by atoms with E-state index in [9.17, 15) is 14.2 Å². The fraction of sp³-hybridized carbons (Fsp3) is 0.733. The first-order valence-corrected chi connectivity index (χ1v) is 9.74. The van der Waals surface area contributed by atoms with E-state index in [2.05, 4.69) is 12.3 Å². The lowest BCUT2D eigenvalue weighted by atomic mass is 10.1. The van der Waals surface area contributed by atoms with Gasteiger partial charge in [-0.25, -0.2) is 0 Å². The van der Waals surface area contributed by atoms with Crippen molar-refractivity contribution in [3.05, 3.63) is 12.7 Å². The Kier molecular flexibility index (Phi) is 16.0. The number of hydrogen-bond donors (Lipinski definition) is 5. The second-order valence-corrected chi connectivity index (χ2v) is 7.16. The van der Waals surface area contributed by atoms with Crippen molar-refractivity contribution < 1.29 is 34.2 Å². The predicted molar refractivity (Wildman–Crippen MR) is 91.5 cm³/mol. The molecule has 0 spiro atoms. The third-order valence-corrected chi connectivity index (χ3v) is 3.86. The average Bonchev–Trinajstić information content (AvgIpc) is 2.44. The number of carboxylic acid groups (broad SMARTS) is 1. The first kappa shape index (κ1) is 25.0. The minimum atomic E-state index is -4.33. The molecule has 0 aromatic rings. The van der Waals surface area contributed by atoms with Crippen LogP contribution in [0.2, 0.25) is 0 Å². The molecule has 0 bridgehead atoms. The average molecular weight is 367 g/mol. The Labute approximate surface area is 142 Å². The largest absolute Gasteiger partial charge is 0.481 e. The topological polar surface area (TPSA) is 158 Å². The molecule has 142 valence electrons. The molecule has 9 heteroatoms. The Balaban J connectivity index is 0. The summed E-state index contributed by atoms with van der Waals surface area (Å²) in [6, 6.07) is 0. The zero-order valence-electron chi connectivity index (χ0n) is 14.0. The number of primary amides is 1. The lowest BCUT2D eigenvalue weighted by Gasteiger charge is -2.06. The zero-order valence-corrected chi connectivity index (χ0v) is 14.9. The monoisotopic (exact) mass is 367 g/mol. The van der Waals surface area contributed by atoms with Crippen LogP contribution in [0.25, 0.3) is 0 Å². The fourth-order valence-electron chi connectivity index (χ4n) is 1.76. The molecule has 1 amide bonds. The van der Waals surface area contributed by atoms with Crippen LogP contribution in [0.15, 0.2) is 12.7 Å². The minimum absolute atomic E-state index is 0.330. The molecule has 1 atom stereocenters. The molecule has 0 aromatic carbocycles. The molecule has 6 N–H and O–H groups in total. The van der Waals surface area contributed by atoms with E-state index in [1.165, 1.54) is 32.1 Å². The van der Waals surface area contributed by atoms with Crippen LogP contribution < -0.4 is 5.73 Å². The van der Waals surface area contributed by atoms with Crippen LogP contribution in [0, 0.1) is 0 Å². The molecule has 0 radical (unpaired) electrons.